The summed E-state index contributed by atoms with van der Waals surface area (Å²) in [6, 6.07) is 0. The van der Waals surface area contributed by atoms with Crippen LogP contribution in [0.15, 0.2) is 0 Å². The Kier molecular flexibility index (Phi) is 3.12. The Hall–Kier alpha value is -0.940. The lowest BCUT2D eigenvalue weighted by molar-refractivity contribution is -0.206. The van der Waals surface area contributed by atoms with Gasteiger partial charge in [0.1, 0.15) is 12.4 Å². The van der Waals surface area contributed by atoms with Gasteiger partial charge < -0.3 is 19.0 Å². The average molecular weight is 294 g/mol. The van der Waals surface area contributed by atoms with E-state index in [1.54, 1.807) is 0 Å². The minimum atomic E-state index is -0.449. The zero-order valence-electron chi connectivity index (χ0n) is 12.3. The zero-order valence-corrected chi connectivity index (χ0v) is 12.3. The van der Waals surface area contributed by atoms with Crippen LogP contribution >= 0.6 is 0 Å². The van der Waals surface area contributed by atoms with E-state index in [9.17, 15) is 9.59 Å². The summed E-state index contributed by atoms with van der Waals surface area (Å²) in [4.78, 5) is 23.8. The molecule has 116 valence electrons. The molecule has 4 rings (SSSR count). The summed E-state index contributed by atoms with van der Waals surface area (Å²) in [5.74, 6) is -0.0103. The minimum absolute atomic E-state index is 0.0612. The van der Waals surface area contributed by atoms with Crippen molar-refractivity contribution in [3.05, 3.63) is 0 Å². The first kappa shape index (κ1) is 13.7. The van der Waals surface area contributed by atoms with Gasteiger partial charge in [0, 0.05) is 24.7 Å². The van der Waals surface area contributed by atoms with Crippen LogP contribution in [-0.2, 0) is 23.8 Å². The van der Waals surface area contributed by atoms with E-state index < -0.39 is 5.79 Å². The molecule has 0 N–H and O–H groups in total. The van der Waals surface area contributed by atoms with Gasteiger partial charge in [0.15, 0.2) is 5.79 Å². The van der Waals surface area contributed by atoms with E-state index in [2.05, 4.69) is 0 Å². The van der Waals surface area contributed by atoms with Gasteiger partial charge in [0.25, 0.3) is 0 Å². The number of rotatable bonds is 1. The molecule has 6 atom stereocenters. The smallest absolute Gasteiger partial charge is 0.309 e. The van der Waals surface area contributed by atoms with Gasteiger partial charge >= 0.3 is 5.97 Å². The third kappa shape index (κ3) is 1.97. The second kappa shape index (κ2) is 4.78. The molecule has 4 aliphatic rings. The van der Waals surface area contributed by atoms with Crippen LogP contribution in [0.1, 0.15) is 32.6 Å². The fourth-order valence-corrected chi connectivity index (χ4v) is 5.27. The van der Waals surface area contributed by atoms with E-state index in [1.165, 1.54) is 0 Å². The first-order valence-electron chi connectivity index (χ1n) is 8.07. The Bertz CT molecular complexity index is 456. The molecule has 2 aliphatic carbocycles. The lowest BCUT2D eigenvalue weighted by atomic mass is 9.57. The SMILES string of the molecule is C[C@H]1OC(=O)[C@@H]2C[C@@H]3CC4(CC[C@H]3C(C=O)[C@H]12)OCCO4. The highest BCUT2D eigenvalue weighted by molar-refractivity contribution is 5.76. The van der Waals surface area contributed by atoms with Crippen LogP contribution in [0.4, 0.5) is 0 Å². The number of esters is 1. The highest BCUT2D eigenvalue weighted by Crippen LogP contribution is 2.55. The number of carbonyl (C=O) groups excluding carboxylic acids is 2. The summed E-state index contributed by atoms with van der Waals surface area (Å²) >= 11 is 0. The maximum absolute atomic E-state index is 12.1. The van der Waals surface area contributed by atoms with Gasteiger partial charge in [-0.1, -0.05) is 0 Å². The summed E-state index contributed by atoms with van der Waals surface area (Å²) in [5, 5.41) is 0. The quantitative estimate of drug-likeness (QED) is 0.542. The molecule has 1 spiro atoms. The van der Waals surface area contributed by atoms with E-state index >= 15 is 0 Å². The fourth-order valence-electron chi connectivity index (χ4n) is 5.27. The average Bonchev–Trinajstić information content (AvgIpc) is 3.03. The third-order valence-corrected chi connectivity index (χ3v) is 6.11. The fraction of sp³-hybridized carbons (Fsp3) is 0.875. The van der Waals surface area contributed by atoms with Crippen LogP contribution in [0.5, 0.6) is 0 Å². The van der Waals surface area contributed by atoms with Crippen LogP contribution in [0.3, 0.4) is 0 Å². The largest absolute Gasteiger partial charge is 0.462 e. The van der Waals surface area contributed by atoms with Crippen molar-refractivity contribution in [1.29, 1.82) is 0 Å². The van der Waals surface area contributed by atoms with Crippen molar-refractivity contribution >= 4 is 12.3 Å². The number of carbonyl (C=O) groups is 2. The summed E-state index contributed by atoms with van der Waals surface area (Å²) in [6.07, 6.45) is 4.37. The highest BCUT2D eigenvalue weighted by Gasteiger charge is 2.57. The first-order valence-corrected chi connectivity index (χ1v) is 8.07. The van der Waals surface area contributed by atoms with Gasteiger partial charge in [0.2, 0.25) is 0 Å². The van der Waals surface area contributed by atoms with E-state index in [1.807, 2.05) is 6.92 Å². The molecule has 5 nitrogen and oxygen atoms in total. The van der Waals surface area contributed by atoms with Crippen LogP contribution in [0.25, 0.3) is 0 Å². The van der Waals surface area contributed by atoms with Gasteiger partial charge in [-0.2, -0.15) is 0 Å². The van der Waals surface area contributed by atoms with Crippen molar-refractivity contribution in [2.75, 3.05) is 13.2 Å². The second-order valence-electron chi connectivity index (χ2n) is 7.05. The number of ether oxygens (including phenoxy) is 3. The lowest BCUT2D eigenvalue weighted by Crippen LogP contribution is -2.49. The number of cyclic esters (lactones) is 1. The molecule has 2 heterocycles. The van der Waals surface area contributed by atoms with E-state index in [4.69, 9.17) is 14.2 Å². The Balaban J connectivity index is 1.61. The molecule has 1 unspecified atom stereocenters. The summed E-state index contributed by atoms with van der Waals surface area (Å²) in [6.45, 7) is 3.23. The second-order valence-corrected chi connectivity index (χ2v) is 7.05. The summed E-state index contributed by atoms with van der Waals surface area (Å²) < 4.78 is 17.1. The highest BCUT2D eigenvalue weighted by atomic mass is 16.7. The van der Waals surface area contributed by atoms with Crippen LogP contribution in [-0.4, -0.2) is 37.4 Å². The van der Waals surface area contributed by atoms with Gasteiger partial charge in [0.05, 0.1) is 19.1 Å². The van der Waals surface area contributed by atoms with Crippen molar-refractivity contribution in [3.63, 3.8) is 0 Å². The van der Waals surface area contributed by atoms with Crippen molar-refractivity contribution in [1.82, 2.24) is 0 Å². The maximum Gasteiger partial charge on any atom is 0.309 e. The van der Waals surface area contributed by atoms with Gasteiger partial charge in [-0.15, -0.1) is 0 Å². The molecule has 0 bridgehead atoms. The number of hydrogen-bond donors (Lipinski definition) is 0. The molecule has 2 saturated carbocycles. The molecular formula is C16H22O5. The van der Waals surface area contributed by atoms with Gasteiger partial charge in [-0.3, -0.25) is 4.79 Å². The normalized spacial score (nSPS) is 47.8. The van der Waals surface area contributed by atoms with Crippen molar-refractivity contribution in [3.8, 4) is 0 Å². The Morgan fingerprint density at radius 1 is 1.29 bits per heavy atom. The molecule has 21 heavy (non-hydrogen) atoms. The van der Waals surface area contributed by atoms with E-state index in [0.717, 1.165) is 32.0 Å². The predicted octanol–water partition coefficient (Wildman–Crippen LogP) is 1.54. The maximum atomic E-state index is 12.1. The molecular weight excluding hydrogens is 272 g/mol. The Morgan fingerprint density at radius 2 is 2.05 bits per heavy atom. The van der Waals surface area contributed by atoms with Gasteiger partial charge in [-0.05, 0) is 31.6 Å². The zero-order chi connectivity index (χ0) is 14.6. The minimum Gasteiger partial charge on any atom is -0.462 e. The lowest BCUT2D eigenvalue weighted by Gasteiger charge is -2.48. The third-order valence-electron chi connectivity index (χ3n) is 6.11. The molecule has 0 aromatic rings. The predicted molar refractivity (Wildman–Crippen MR) is 72.2 cm³/mol. The molecule has 0 aromatic heterocycles. The van der Waals surface area contributed by atoms with Gasteiger partial charge in [-0.25, -0.2) is 0 Å². The van der Waals surface area contributed by atoms with Crippen LogP contribution < -0.4 is 0 Å². The summed E-state index contributed by atoms with van der Waals surface area (Å²) in [5.41, 5.74) is 0. The molecule has 0 aromatic carbocycles. The van der Waals surface area contributed by atoms with Crippen molar-refractivity contribution < 1.29 is 23.8 Å². The van der Waals surface area contributed by atoms with Crippen LogP contribution in [0, 0.1) is 29.6 Å². The van der Waals surface area contributed by atoms with Crippen molar-refractivity contribution in [2.24, 2.45) is 29.6 Å². The number of aldehydes is 1. The van der Waals surface area contributed by atoms with Crippen molar-refractivity contribution in [2.45, 2.75) is 44.5 Å². The number of fused-ring (bicyclic) bond motifs is 2. The first-order chi connectivity index (χ1) is 10.1. The molecule has 2 aliphatic heterocycles. The Labute approximate surface area is 124 Å². The molecule has 2 saturated heterocycles. The molecule has 0 amide bonds. The summed E-state index contributed by atoms with van der Waals surface area (Å²) in [7, 11) is 0. The van der Waals surface area contributed by atoms with E-state index in [-0.39, 0.29) is 29.8 Å². The molecule has 4 fully saturated rings. The standard InChI is InChI=1S/C16H22O5/c1-9-14-12(15(18)21-9)6-10-7-16(19-4-5-20-16)3-2-11(10)13(14)8-17/h8-14H,2-7H2,1H3/t9-,10-,11-,12-,13?,14-/m1/s1. The Morgan fingerprint density at radius 3 is 2.76 bits per heavy atom. The molecule has 5 heteroatoms. The molecule has 0 radical (unpaired) electrons. The van der Waals surface area contributed by atoms with Crippen LogP contribution in [0.2, 0.25) is 0 Å². The van der Waals surface area contributed by atoms with E-state index in [0.29, 0.717) is 25.0 Å². The monoisotopic (exact) mass is 294 g/mol. The topological polar surface area (TPSA) is 61.8 Å². The number of hydrogen-bond acceptors (Lipinski definition) is 5.